The van der Waals surface area contributed by atoms with Crippen molar-refractivity contribution in [1.82, 2.24) is 0 Å². The quantitative estimate of drug-likeness (QED) is 0.677. The summed E-state index contributed by atoms with van der Waals surface area (Å²) in [6.45, 7) is 1.96. The van der Waals surface area contributed by atoms with E-state index in [1.807, 2.05) is 13.0 Å². The second kappa shape index (κ2) is 7.14. The molecule has 0 amide bonds. The molecule has 0 radical (unpaired) electrons. The first kappa shape index (κ1) is 18.5. The van der Waals surface area contributed by atoms with Gasteiger partial charge in [0, 0.05) is 22.0 Å². The highest BCUT2D eigenvalue weighted by molar-refractivity contribution is 9.10. The number of fused-ring (bicyclic) bond motifs is 1. The largest absolute Gasteiger partial charge is 0.496 e. The first-order valence-corrected chi connectivity index (χ1v) is 10.1. The lowest BCUT2D eigenvalue weighted by Gasteiger charge is -2.09. The number of nitrogens with zero attached hydrogens (tertiary/aromatic N) is 1. The first-order valence-electron chi connectivity index (χ1n) is 7.85. The topological polar surface area (TPSA) is 76.4 Å². The van der Waals surface area contributed by atoms with Crippen molar-refractivity contribution in [2.24, 2.45) is 0 Å². The molecular weight excluding hydrogens is 418 g/mol. The van der Waals surface area contributed by atoms with Gasteiger partial charge in [0.05, 0.1) is 12.0 Å². The Morgan fingerprint density at radius 1 is 1.35 bits per heavy atom. The minimum absolute atomic E-state index is 0.0517. The molecular formula is C19H16BrNO4S. The van der Waals surface area contributed by atoms with Gasteiger partial charge in [-0.1, -0.05) is 15.9 Å². The Hall–Kier alpha value is -2.30. The highest BCUT2D eigenvalue weighted by atomic mass is 79.9. The third-order valence-electron chi connectivity index (χ3n) is 4.06. The van der Waals surface area contributed by atoms with Gasteiger partial charge in [-0.2, -0.15) is 5.26 Å². The van der Waals surface area contributed by atoms with Crippen LogP contribution in [0, 0.1) is 11.3 Å². The van der Waals surface area contributed by atoms with Gasteiger partial charge in [0.2, 0.25) is 9.84 Å². The van der Waals surface area contributed by atoms with E-state index in [4.69, 9.17) is 9.47 Å². The van der Waals surface area contributed by atoms with E-state index in [9.17, 15) is 13.7 Å². The Labute approximate surface area is 160 Å². The smallest absolute Gasteiger partial charge is 0.216 e. The number of hydrogen-bond donors (Lipinski definition) is 0. The second-order valence-corrected chi connectivity index (χ2v) is 8.75. The van der Waals surface area contributed by atoms with E-state index in [2.05, 4.69) is 15.9 Å². The van der Waals surface area contributed by atoms with Crippen LogP contribution in [-0.4, -0.2) is 21.6 Å². The lowest BCUT2D eigenvalue weighted by molar-refractivity contribution is 0.254. The summed E-state index contributed by atoms with van der Waals surface area (Å²) in [6.07, 6.45) is 2.14. The van der Waals surface area contributed by atoms with E-state index in [-0.39, 0.29) is 15.9 Å². The van der Waals surface area contributed by atoms with Gasteiger partial charge in [0.25, 0.3) is 0 Å². The molecule has 3 rings (SSSR count). The van der Waals surface area contributed by atoms with Crippen LogP contribution in [0.4, 0.5) is 0 Å². The van der Waals surface area contributed by atoms with E-state index in [0.29, 0.717) is 17.1 Å². The summed E-state index contributed by atoms with van der Waals surface area (Å²) in [5.41, 5.74) is 1.48. The Morgan fingerprint density at radius 3 is 2.65 bits per heavy atom. The number of nitriles is 1. The zero-order valence-electron chi connectivity index (χ0n) is 14.2. The van der Waals surface area contributed by atoms with Crippen LogP contribution in [0.15, 0.2) is 50.7 Å². The maximum atomic E-state index is 12.8. The van der Waals surface area contributed by atoms with Gasteiger partial charge in [-0.05, 0) is 49.4 Å². The summed E-state index contributed by atoms with van der Waals surface area (Å²) >= 11 is 3.27. The fourth-order valence-corrected chi connectivity index (χ4v) is 4.21. The van der Waals surface area contributed by atoms with Crippen LogP contribution in [0.5, 0.6) is 11.5 Å². The Bertz CT molecular complexity index is 1020. The third-order valence-corrected chi connectivity index (χ3v) is 6.27. The van der Waals surface area contributed by atoms with Crippen molar-refractivity contribution in [3.63, 3.8) is 0 Å². The molecule has 0 N–H and O–H groups in total. The van der Waals surface area contributed by atoms with Gasteiger partial charge in [0.15, 0.2) is 0 Å². The lowest BCUT2D eigenvalue weighted by atomic mass is 10.1. The van der Waals surface area contributed by atoms with Crippen LogP contribution >= 0.6 is 15.9 Å². The summed E-state index contributed by atoms with van der Waals surface area (Å²) in [5.74, 6) is 1.18. The van der Waals surface area contributed by atoms with Gasteiger partial charge in [-0.3, -0.25) is 0 Å². The highest BCUT2D eigenvalue weighted by Crippen LogP contribution is 2.36. The van der Waals surface area contributed by atoms with Gasteiger partial charge in [-0.15, -0.1) is 0 Å². The minimum atomic E-state index is -3.93. The maximum absolute atomic E-state index is 12.8. The number of halogens is 1. The zero-order chi connectivity index (χ0) is 18.9. The fraction of sp³-hybridized carbons (Fsp3) is 0.211. The van der Waals surface area contributed by atoms with E-state index in [1.54, 1.807) is 24.3 Å². The average molecular weight is 434 g/mol. The molecule has 0 aliphatic carbocycles. The van der Waals surface area contributed by atoms with Crippen molar-refractivity contribution in [1.29, 1.82) is 5.26 Å². The molecule has 1 heterocycles. The molecule has 0 spiro atoms. The molecule has 26 heavy (non-hydrogen) atoms. The molecule has 1 aliphatic heterocycles. The molecule has 1 atom stereocenters. The van der Waals surface area contributed by atoms with Crippen molar-refractivity contribution in [3.8, 4) is 17.6 Å². The predicted molar refractivity (Wildman–Crippen MR) is 102 cm³/mol. The van der Waals surface area contributed by atoms with Crippen LogP contribution in [-0.2, 0) is 16.3 Å². The lowest BCUT2D eigenvalue weighted by Crippen LogP contribution is -2.05. The Balaban J connectivity index is 2.09. The average Bonchev–Trinajstić information content (AvgIpc) is 2.97. The van der Waals surface area contributed by atoms with Crippen molar-refractivity contribution < 1.29 is 17.9 Å². The second-order valence-electron chi connectivity index (χ2n) is 5.91. The molecule has 2 aromatic carbocycles. The maximum Gasteiger partial charge on any atom is 0.216 e. The van der Waals surface area contributed by atoms with Crippen LogP contribution in [0.2, 0.25) is 0 Å². The number of benzene rings is 2. The van der Waals surface area contributed by atoms with E-state index < -0.39 is 9.84 Å². The molecule has 5 nitrogen and oxygen atoms in total. The normalized spacial score (nSPS) is 16.5. The Morgan fingerprint density at radius 2 is 2.04 bits per heavy atom. The van der Waals surface area contributed by atoms with Crippen LogP contribution in [0.3, 0.4) is 0 Å². The molecule has 0 fully saturated rings. The molecule has 7 heteroatoms. The number of hydrogen-bond acceptors (Lipinski definition) is 5. The van der Waals surface area contributed by atoms with Gasteiger partial charge < -0.3 is 9.47 Å². The van der Waals surface area contributed by atoms with Gasteiger partial charge in [-0.25, -0.2) is 8.42 Å². The molecule has 134 valence electrons. The molecule has 0 bridgehead atoms. The zero-order valence-corrected chi connectivity index (χ0v) is 16.6. The molecule has 0 saturated carbocycles. The molecule has 0 aromatic heterocycles. The van der Waals surface area contributed by atoms with Crippen molar-refractivity contribution in [2.45, 2.75) is 24.3 Å². The van der Waals surface area contributed by atoms with Crippen LogP contribution < -0.4 is 9.47 Å². The number of allylic oxidation sites excluding steroid dienone is 1. The number of sulfone groups is 1. The SMILES string of the molecule is COc1cc2c(cc1C=C(C#N)S(=O)(=O)c1ccc(Br)cc1)OC(C)C2. The number of ether oxygens (including phenoxy) is 2. The number of rotatable bonds is 4. The first-order chi connectivity index (χ1) is 12.3. The number of methoxy groups -OCH3 is 1. The Kier molecular flexibility index (Phi) is 5.08. The summed E-state index contributed by atoms with van der Waals surface area (Å²) < 4.78 is 37.4. The predicted octanol–water partition coefficient (Wildman–Crippen LogP) is 4.12. The summed E-state index contributed by atoms with van der Waals surface area (Å²) in [4.78, 5) is -0.303. The minimum Gasteiger partial charge on any atom is -0.496 e. The van der Waals surface area contributed by atoms with Crippen molar-refractivity contribution in [2.75, 3.05) is 7.11 Å². The fourth-order valence-electron chi connectivity index (χ4n) is 2.80. The highest BCUT2D eigenvalue weighted by Gasteiger charge is 2.24. The van der Waals surface area contributed by atoms with E-state index in [1.165, 1.54) is 25.3 Å². The summed E-state index contributed by atoms with van der Waals surface area (Å²) in [5, 5.41) is 9.46. The van der Waals surface area contributed by atoms with Crippen molar-refractivity contribution in [3.05, 3.63) is 56.9 Å². The van der Waals surface area contributed by atoms with Crippen LogP contribution in [0.25, 0.3) is 6.08 Å². The molecule has 2 aromatic rings. The van der Waals surface area contributed by atoms with Gasteiger partial charge >= 0.3 is 0 Å². The van der Waals surface area contributed by atoms with E-state index in [0.717, 1.165) is 16.5 Å². The standard InChI is InChI=1S/C19H16BrNO4S/c1-12-7-13-9-18(24-2)14(10-19(13)25-12)8-17(11-21)26(22,23)16-5-3-15(20)4-6-16/h3-6,8-10,12H,7H2,1-2H3. The monoisotopic (exact) mass is 433 g/mol. The molecule has 1 unspecified atom stereocenters. The summed E-state index contributed by atoms with van der Waals surface area (Å²) in [7, 11) is -2.43. The summed E-state index contributed by atoms with van der Waals surface area (Å²) in [6, 6.07) is 11.5. The van der Waals surface area contributed by atoms with Gasteiger partial charge in [0.1, 0.15) is 28.6 Å². The molecule has 0 saturated heterocycles. The third kappa shape index (κ3) is 3.48. The molecule has 1 aliphatic rings. The van der Waals surface area contributed by atoms with Crippen LogP contribution in [0.1, 0.15) is 18.1 Å². The van der Waals surface area contributed by atoms with E-state index >= 15 is 0 Å². The van der Waals surface area contributed by atoms with Crippen molar-refractivity contribution >= 4 is 31.8 Å².